The Morgan fingerprint density at radius 3 is 2.24 bits per heavy atom. The summed E-state index contributed by atoms with van der Waals surface area (Å²) >= 11 is 5.44. The van der Waals surface area contributed by atoms with Crippen LogP contribution in [0.4, 0.5) is 0 Å². The smallest absolute Gasteiger partial charge is 0.252 e. The van der Waals surface area contributed by atoms with Crippen LogP contribution in [0.25, 0.3) is 11.1 Å². The number of rotatable bonds is 1. The highest BCUT2D eigenvalue weighted by molar-refractivity contribution is 6.67. The molecule has 0 bridgehead atoms. The number of halogens is 1. The van der Waals surface area contributed by atoms with Gasteiger partial charge in [0, 0.05) is 16.7 Å². The van der Waals surface area contributed by atoms with E-state index in [1.54, 1.807) is 24.3 Å². The Balaban J connectivity index is 2.31. The van der Waals surface area contributed by atoms with Crippen molar-refractivity contribution < 1.29 is 9.59 Å². The maximum Gasteiger partial charge on any atom is 0.252 e. The van der Waals surface area contributed by atoms with Gasteiger partial charge in [0.25, 0.3) is 5.24 Å². The first-order valence-electron chi connectivity index (χ1n) is 5.16. The number of hydrogen-bond acceptors (Lipinski definition) is 2. The number of benzene rings is 2. The summed E-state index contributed by atoms with van der Waals surface area (Å²) in [6, 6.07) is 12.3. The Morgan fingerprint density at radius 1 is 0.882 bits per heavy atom. The van der Waals surface area contributed by atoms with Crippen LogP contribution in [0.1, 0.15) is 26.3 Å². The number of carbonyl (C=O) groups is 2. The van der Waals surface area contributed by atoms with Gasteiger partial charge in [0.15, 0.2) is 5.78 Å². The van der Waals surface area contributed by atoms with Gasteiger partial charge < -0.3 is 0 Å². The van der Waals surface area contributed by atoms with Gasteiger partial charge >= 0.3 is 0 Å². The molecule has 0 N–H and O–H groups in total. The first kappa shape index (κ1) is 10.2. The molecule has 0 amide bonds. The molecule has 2 nitrogen and oxygen atoms in total. The predicted molar refractivity (Wildman–Crippen MR) is 65.5 cm³/mol. The van der Waals surface area contributed by atoms with Crippen molar-refractivity contribution in [3.05, 3.63) is 59.2 Å². The third-order valence-corrected chi connectivity index (χ3v) is 3.17. The third kappa shape index (κ3) is 1.41. The second kappa shape index (κ2) is 3.54. The van der Waals surface area contributed by atoms with E-state index in [1.165, 1.54) is 0 Å². The van der Waals surface area contributed by atoms with Crippen LogP contribution < -0.4 is 0 Å². The maximum absolute atomic E-state index is 12.1. The molecule has 3 rings (SSSR count). The molecule has 0 saturated heterocycles. The summed E-state index contributed by atoms with van der Waals surface area (Å²) in [7, 11) is 0. The van der Waals surface area contributed by atoms with Crippen molar-refractivity contribution in [3.8, 4) is 11.1 Å². The minimum atomic E-state index is -0.510. The molecule has 0 unspecified atom stereocenters. The Hall–Kier alpha value is -1.93. The van der Waals surface area contributed by atoms with Gasteiger partial charge in [-0.05, 0) is 40.9 Å². The van der Waals surface area contributed by atoms with Crippen LogP contribution in [0.2, 0.25) is 0 Å². The zero-order chi connectivity index (χ0) is 12.0. The second-order valence-electron chi connectivity index (χ2n) is 3.91. The summed E-state index contributed by atoms with van der Waals surface area (Å²) < 4.78 is 0. The van der Waals surface area contributed by atoms with Gasteiger partial charge in [0.2, 0.25) is 0 Å². The molecular weight excluding hydrogens is 236 g/mol. The topological polar surface area (TPSA) is 34.1 Å². The molecule has 82 valence electrons. The van der Waals surface area contributed by atoms with E-state index in [9.17, 15) is 9.59 Å². The van der Waals surface area contributed by atoms with Crippen molar-refractivity contribution >= 4 is 22.6 Å². The Morgan fingerprint density at radius 2 is 1.53 bits per heavy atom. The summed E-state index contributed by atoms with van der Waals surface area (Å²) in [6.45, 7) is 0. The highest BCUT2D eigenvalue weighted by Crippen LogP contribution is 2.36. The second-order valence-corrected chi connectivity index (χ2v) is 4.25. The third-order valence-electron chi connectivity index (χ3n) is 2.95. The molecule has 1 aliphatic rings. The van der Waals surface area contributed by atoms with E-state index in [-0.39, 0.29) is 5.78 Å². The molecule has 0 radical (unpaired) electrons. The predicted octanol–water partition coefficient (Wildman–Crippen LogP) is 3.28. The molecule has 0 saturated carbocycles. The van der Waals surface area contributed by atoms with Gasteiger partial charge in [0.05, 0.1) is 0 Å². The van der Waals surface area contributed by atoms with Crippen molar-refractivity contribution in [2.75, 3.05) is 0 Å². The van der Waals surface area contributed by atoms with E-state index >= 15 is 0 Å². The summed E-state index contributed by atoms with van der Waals surface area (Å²) in [5.41, 5.74) is 3.38. The van der Waals surface area contributed by atoms with Crippen LogP contribution in [0.3, 0.4) is 0 Å². The standard InChI is InChI=1S/C14H7ClO2/c15-14(17)8-5-6-11-12(7-8)9-3-1-2-4-10(9)13(11)16/h1-7H. The number of fused-ring (bicyclic) bond motifs is 3. The average molecular weight is 243 g/mol. The molecule has 0 fully saturated rings. The lowest BCUT2D eigenvalue weighted by Gasteiger charge is -2.00. The summed E-state index contributed by atoms with van der Waals surface area (Å²) in [6.07, 6.45) is 0. The molecule has 1 aliphatic carbocycles. The highest BCUT2D eigenvalue weighted by Gasteiger charge is 2.26. The molecule has 2 aromatic rings. The van der Waals surface area contributed by atoms with Gasteiger partial charge in [-0.3, -0.25) is 9.59 Å². The molecule has 0 aromatic heterocycles. The van der Waals surface area contributed by atoms with Crippen molar-refractivity contribution in [3.63, 3.8) is 0 Å². The quantitative estimate of drug-likeness (QED) is 0.614. The summed E-state index contributed by atoms with van der Waals surface area (Å²) in [5, 5.41) is -0.510. The highest BCUT2D eigenvalue weighted by atomic mass is 35.5. The lowest BCUT2D eigenvalue weighted by atomic mass is 10.0. The molecule has 0 atom stereocenters. The van der Waals surface area contributed by atoms with Crippen LogP contribution in [0.15, 0.2) is 42.5 Å². The van der Waals surface area contributed by atoms with Crippen molar-refractivity contribution in [1.29, 1.82) is 0 Å². The van der Waals surface area contributed by atoms with E-state index in [0.717, 1.165) is 11.1 Å². The van der Waals surface area contributed by atoms with Crippen LogP contribution in [0, 0.1) is 0 Å². The zero-order valence-electron chi connectivity index (χ0n) is 8.74. The summed E-state index contributed by atoms with van der Waals surface area (Å²) in [4.78, 5) is 23.2. The van der Waals surface area contributed by atoms with Crippen LogP contribution in [-0.2, 0) is 0 Å². The SMILES string of the molecule is O=C(Cl)c1ccc2c(c1)-c1ccccc1C2=O. The molecule has 3 heteroatoms. The Labute approximate surface area is 103 Å². The van der Waals surface area contributed by atoms with Crippen LogP contribution in [-0.4, -0.2) is 11.0 Å². The fourth-order valence-corrected chi connectivity index (χ4v) is 2.27. The minimum absolute atomic E-state index is 0.00386. The fourth-order valence-electron chi connectivity index (χ4n) is 2.15. The van der Waals surface area contributed by atoms with E-state index < -0.39 is 5.24 Å². The van der Waals surface area contributed by atoms with E-state index in [2.05, 4.69) is 0 Å². The lowest BCUT2D eigenvalue weighted by molar-refractivity contribution is 0.104. The van der Waals surface area contributed by atoms with Crippen LogP contribution in [0.5, 0.6) is 0 Å². The van der Waals surface area contributed by atoms with Gasteiger partial charge in [0.1, 0.15) is 0 Å². The van der Waals surface area contributed by atoms with E-state index in [0.29, 0.717) is 16.7 Å². The molecule has 17 heavy (non-hydrogen) atoms. The number of hydrogen-bond donors (Lipinski definition) is 0. The molecular formula is C14H7ClO2. The van der Waals surface area contributed by atoms with Crippen molar-refractivity contribution in [2.24, 2.45) is 0 Å². The first-order chi connectivity index (χ1) is 8.18. The fraction of sp³-hybridized carbons (Fsp3) is 0. The molecule has 2 aromatic carbocycles. The van der Waals surface area contributed by atoms with Gasteiger partial charge in [-0.1, -0.05) is 24.3 Å². The monoisotopic (exact) mass is 242 g/mol. The number of carbonyl (C=O) groups excluding carboxylic acids is 2. The lowest BCUT2D eigenvalue weighted by Crippen LogP contribution is -1.95. The van der Waals surface area contributed by atoms with E-state index in [4.69, 9.17) is 11.6 Å². The Kier molecular flexibility index (Phi) is 2.13. The largest absolute Gasteiger partial charge is 0.289 e. The first-order valence-corrected chi connectivity index (χ1v) is 5.54. The minimum Gasteiger partial charge on any atom is -0.289 e. The normalized spacial score (nSPS) is 12.2. The van der Waals surface area contributed by atoms with Crippen molar-refractivity contribution in [2.45, 2.75) is 0 Å². The van der Waals surface area contributed by atoms with Gasteiger partial charge in [-0.2, -0.15) is 0 Å². The molecule has 0 heterocycles. The van der Waals surface area contributed by atoms with Gasteiger partial charge in [-0.25, -0.2) is 0 Å². The maximum atomic E-state index is 12.1. The zero-order valence-corrected chi connectivity index (χ0v) is 9.49. The van der Waals surface area contributed by atoms with Gasteiger partial charge in [-0.15, -0.1) is 0 Å². The summed E-state index contributed by atoms with van der Waals surface area (Å²) in [5.74, 6) is 0.00386. The Bertz CT molecular complexity index is 659. The van der Waals surface area contributed by atoms with Crippen LogP contribution >= 0.6 is 11.6 Å². The van der Waals surface area contributed by atoms with E-state index in [1.807, 2.05) is 18.2 Å². The van der Waals surface area contributed by atoms with Crippen molar-refractivity contribution in [1.82, 2.24) is 0 Å². The average Bonchev–Trinajstić information content (AvgIpc) is 2.64. The molecule has 0 aliphatic heterocycles. The molecule has 0 spiro atoms. The number of ketones is 1.